The Hall–Kier alpha value is -6.45. The molecule has 7 aromatic carbocycles. The number of benzene rings is 7. The number of hydrogen-bond donors (Lipinski definition) is 0. The Kier molecular flexibility index (Phi) is 8.16. The minimum atomic E-state index is 0. The number of hydrogen-bond acceptors (Lipinski definition) is 3. The van der Waals surface area contributed by atoms with Gasteiger partial charge >= 0.3 is 0 Å². The summed E-state index contributed by atoms with van der Waals surface area (Å²) >= 11 is 0. The van der Waals surface area contributed by atoms with Crippen LogP contribution in [0.25, 0.3) is 78.7 Å². The highest BCUT2D eigenvalue weighted by Gasteiger charge is 2.21. The van der Waals surface area contributed by atoms with Crippen LogP contribution in [0.4, 0.5) is 0 Å². The van der Waals surface area contributed by atoms with Crippen molar-refractivity contribution in [3.05, 3.63) is 187 Å². The van der Waals surface area contributed by atoms with Crippen LogP contribution < -0.4 is 0 Å². The third-order valence-electron chi connectivity index (χ3n) is 9.36. The summed E-state index contributed by atoms with van der Waals surface area (Å²) in [7, 11) is 0. The summed E-state index contributed by atoms with van der Waals surface area (Å²) in [5, 5.41) is 0. The molecular formula is C47H35N3. The van der Waals surface area contributed by atoms with E-state index in [1.54, 1.807) is 0 Å². The standard InChI is InChI=1S/C46H31N3.CH4/c1-4-14-31(15-5-1)37-27-38(34-21-12-22-35(26-34)41-24-13-25-42-40-23-11-10-20-36(40)30-43(41)42)29-39(28-37)46-48-44(32-16-6-2-7-17-32)47-45(49-46)33-18-8-3-9-19-33;/h1-29H,30H2;1H4. The van der Waals surface area contributed by atoms with E-state index in [1.165, 1.54) is 33.4 Å². The number of aromatic nitrogens is 3. The van der Waals surface area contributed by atoms with E-state index in [4.69, 9.17) is 15.0 Å². The first-order valence-corrected chi connectivity index (χ1v) is 16.7. The average Bonchev–Trinajstić information content (AvgIpc) is 3.58. The Morgan fingerprint density at radius 1 is 0.300 bits per heavy atom. The predicted octanol–water partition coefficient (Wildman–Crippen LogP) is 12.1. The molecule has 3 heteroatoms. The van der Waals surface area contributed by atoms with E-state index in [9.17, 15) is 0 Å². The fraction of sp³-hybridized carbons (Fsp3) is 0.0426. The minimum Gasteiger partial charge on any atom is -0.208 e. The van der Waals surface area contributed by atoms with Gasteiger partial charge in [0.2, 0.25) is 0 Å². The molecule has 0 amide bonds. The maximum absolute atomic E-state index is 5.07. The van der Waals surface area contributed by atoms with Gasteiger partial charge in [-0.1, -0.05) is 159 Å². The Bertz CT molecular complexity index is 2390. The fourth-order valence-corrected chi connectivity index (χ4v) is 6.95. The fourth-order valence-electron chi connectivity index (χ4n) is 6.95. The lowest BCUT2D eigenvalue weighted by Crippen LogP contribution is -2.00. The first-order valence-electron chi connectivity index (χ1n) is 16.7. The van der Waals surface area contributed by atoms with Crippen LogP contribution >= 0.6 is 0 Å². The van der Waals surface area contributed by atoms with Crippen LogP contribution in [-0.2, 0) is 6.42 Å². The Balaban J connectivity index is 0.00000361. The van der Waals surface area contributed by atoms with Crippen LogP contribution in [0.15, 0.2) is 176 Å². The second-order valence-electron chi connectivity index (χ2n) is 12.4. The van der Waals surface area contributed by atoms with Gasteiger partial charge in [0.15, 0.2) is 17.5 Å². The molecule has 3 nitrogen and oxygen atoms in total. The average molecular weight is 642 g/mol. The van der Waals surface area contributed by atoms with Crippen molar-refractivity contribution in [2.24, 2.45) is 0 Å². The minimum absolute atomic E-state index is 0. The van der Waals surface area contributed by atoms with Gasteiger partial charge in [-0.2, -0.15) is 0 Å². The van der Waals surface area contributed by atoms with Crippen LogP contribution in [-0.4, -0.2) is 15.0 Å². The highest BCUT2D eigenvalue weighted by molar-refractivity contribution is 5.87. The van der Waals surface area contributed by atoms with Gasteiger partial charge in [-0.05, 0) is 86.3 Å². The van der Waals surface area contributed by atoms with Gasteiger partial charge in [0.1, 0.15) is 0 Å². The molecule has 0 saturated heterocycles. The molecule has 0 bridgehead atoms. The molecule has 1 aliphatic carbocycles. The normalized spacial score (nSPS) is 11.4. The lowest BCUT2D eigenvalue weighted by molar-refractivity contribution is 1.07. The van der Waals surface area contributed by atoms with Crippen LogP contribution in [0, 0.1) is 0 Å². The molecule has 8 aromatic rings. The zero-order valence-electron chi connectivity index (χ0n) is 26.8. The molecule has 0 N–H and O–H groups in total. The largest absolute Gasteiger partial charge is 0.208 e. The van der Waals surface area contributed by atoms with Gasteiger partial charge in [0.25, 0.3) is 0 Å². The van der Waals surface area contributed by atoms with Crippen molar-refractivity contribution in [3.63, 3.8) is 0 Å². The summed E-state index contributed by atoms with van der Waals surface area (Å²) in [6, 6.07) is 61.9. The second kappa shape index (κ2) is 13.2. The van der Waals surface area contributed by atoms with Crippen molar-refractivity contribution < 1.29 is 0 Å². The zero-order chi connectivity index (χ0) is 32.6. The lowest BCUT2D eigenvalue weighted by Gasteiger charge is -2.14. The predicted molar refractivity (Wildman–Crippen MR) is 207 cm³/mol. The third kappa shape index (κ3) is 5.80. The van der Waals surface area contributed by atoms with Crippen molar-refractivity contribution in [1.29, 1.82) is 0 Å². The topological polar surface area (TPSA) is 38.7 Å². The molecule has 9 rings (SSSR count). The molecule has 0 saturated carbocycles. The Morgan fingerprint density at radius 3 is 1.38 bits per heavy atom. The van der Waals surface area contributed by atoms with Gasteiger partial charge in [0, 0.05) is 16.7 Å². The third-order valence-corrected chi connectivity index (χ3v) is 9.36. The van der Waals surface area contributed by atoms with Gasteiger partial charge in [-0.3, -0.25) is 0 Å². The van der Waals surface area contributed by atoms with E-state index in [0.717, 1.165) is 45.4 Å². The Labute approximate surface area is 293 Å². The monoisotopic (exact) mass is 641 g/mol. The Morgan fingerprint density at radius 2 is 0.720 bits per heavy atom. The molecule has 1 aromatic heterocycles. The summed E-state index contributed by atoms with van der Waals surface area (Å²) < 4.78 is 0. The quantitative estimate of drug-likeness (QED) is 0.181. The van der Waals surface area contributed by atoms with Crippen LogP contribution in [0.1, 0.15) is 18.6 Å². The number of nitrogens with zero attached hydrogens (tertiary/aromatic N) is 3. The second-order valence-corrected chi connectivity index (χ2v) is 12.4. The molecule has 0 spiro atoms. The summed E-state index contributed by atoms with van der Waals surface area (Å²) in [5.41, 5.74) is 15.3. The van der Waals surface area contributed by atoms with Crippen molar-refractivity contribution in [2.45, 2.75) is 13.8 Å². The number of fused-ring (bicyclic) bond motifs is 3. The summed E-state index contributed by atoms with van der Waals surface area (Å²) in [6.07, 6.45) is 0.951. The highest BCUT2D eigenvalue weighted by atomic mass is 15.0. The SMILES string of the molecule is C.c1ccc(-c2cc(-c3cccc(-c4cccc5c4Cc4ccccc4-5)c3)cc(-c3nc(-c4ccccc4)nc(-c4ccccc4)n3)c2)cc1. The smallest absolute Gasteiger partial charge is 0.164 e. The van der Waals surface area contributed by atoms with Gasteiger partial charge in [0.05, 0.1) is 0 Å². The van der Waals surface area contributed by atoms with E-state index in [-0.39, 0.29) is 7.43 Å². The van der Waals surface area contributed by atoms with Crippen molar-refractivity contribution >= 4 is 0 Å². The maximum atomic E-state index is 5.07. The van der Waals surface area contributed by atoms with Gasteiger partial charge < -0.3 is 0 Å². The van der Waals surface area contributed by atoms with Crippen LogP contribution in [0.3, 0.4) is 0 Å². The molecule has 1 heterocycles. The van der Waals surface area contributed by atoms with E-state index in [0.29, 0.717) is 17.5 Å². The van der Waals surface area contributed by atoms with Crippen LogP contribution in [0.5, 0.6) is 0 Å². The first kappa shape index (κ1) is 30.9. The van der Waals surface area contributed by atoms with Crippen molar-refractivity contribution in [2.75, 3.05) is 0 Å². The molecule has 0 unspecified atom stereocenters. The highest BCUT2D eigenvalue weighted by Crippen LogP contribution is 2.42. The molecular weight excluding hydrogens is 607 g/mol. The molecule has 0 fully saturated rings. The molecule has 1 aliphatic rings. The summed E-state index contributed by atoms with van der Waals surface area (Å²) in [4.78, 5) is 15.1. The molecule has 50 heavy (non-hydrogen) atoms. The molecule has 0 atom stereocenters. The van der Waals surface area contributed by atoms with E-state index in [2.05, 4.69) is 115 Å². The van der Waals surface area contributed by atoms with Gasteiger partial charge in [-0.15, -0.1) is 0 Å². The van der Waals surface area contributed by atoms with Crippen LogP contribution in [0.2, 0.25) is 0 Å². The van der Waals surface area contributed by atoms with E-state index in [1.807, 2.05) is 60.7 Å². The van der Waals surface area contributed by atoms with Crippen molar-refractivity contribution in [1.82, 2.24) is 15.0 Å². The first-order chi connectivity index (χ1) is 24.3. The molecule has 238 valence electrons. The van der Waals surface area contributed by atoms with Crippen molar-refractivity contribution in [3.8, 4) is 78.7 Å². The zero-order valence-corrected chi connectivity index (χ0v) is 26.8. The molecule has 0 aliphatic heterocycles. The molecule has 0 radical (unpaired) electrons. The summed E-state index contributed by atoms with van der Waals surface area (Å²) in [5.74, 6) is 1.94. The summed E-state index contributed by atoms with van der Waals surface area (Å²) in [6.45, 7) is 0. The lowest BCUT2D eigenvalue weighted by atomic mass is 9.91. The van der Waals surface area contributed by atoms with Gasteiger partial charge in [-0.25, -0.2) is 15.0 Å². The maximum Gasteiger partial charge on any atom is 0.164 e. The van der Waals surface area contributed by atoms with E-state index < -0.39 is 0 Å². The number of rotatable bonds is 6. The van der Waals surface area contributed by atoms with E-state index >= 15 is 0 Å².